The highest BCUT2D eigenvalue weighted by molar-refractivity contribution is 5.90. The van der Waals surface area contributed by atoms with Gasteiger partial charge in [0.1, 0.15) is 11.8 Å². The van der Waals surface area contributed by atoms with Gasteiger partial charge in [-0.05, 0) is 18.2 Å². The number of methoxy groups -OCH3 is 1. The van der Waals surface area contributed by atoms with Crippen LogP contribution in [0.5, 0.6) is 0 Å². The van der Waals surface area contributed by atoms with E-state index in [9.17, 15) is 4.79 Å². The molecule has 2 heterocycles. The molecule has 0 aliphatic carbocycles. The van der Waals surface area contributed by atoms with E-state index in [1.165, 1.54) is 13.4 Å². The number of H-pyrrole nitrogens is 1. The second kappa shape index (κ2) is 4.96. The SMILES string of the molecule is COC(=O)c1cccc(Nc2nc3ncncc3[nH]2)c1. The second-order valence-corrected chi connectivity index (χ2v) is 4.04. The van der Waals surface area contributed by atoms with Gasteiger partial charge in [0, 0.05) is 5.69 Å². The Morgan fingerprint density at radius 1 is 1.40 bits per heavy atom. The fourth-order valence-electron chi connectivity index (χ4n) is 1.80. The van der Waals surface area contributed by atoms with Crippen LogP contribution in [0.4, 0.5) is 11.6 Å². The number of rotatable bonds is 3. The lowest BCUT2D eigenvalue weighted by molar-refractivity contribution is 0.0601. The number of aromatic amines is 1. The van der Waals surface area contributed by atoms with Gasteiger partial charge in [-0.2, -0.15) is 4.98 Å². The van der Waals surface area contributed by atoms with Crippen molar-refractivity contribution in [2.75, 3.05) is 12.4 Å². The molecule has 7 heteroatoms. The van der Waals surface area contributed by atoms with E-state index in [1.807, 2.05) is 6.07 Å². The molecule has 0 radical (unpaired) electrons. The summed E-state index contributed by atoms with van der Waals surface area (Å²) >= 11 is 0. The first kappa shape index (κ1) is 12.1. The fraction of sp³-hybridized carbons (Fsp3) is 0.0769. The highest BCUT2D eigenvalue weighted by Crippen LogP contribution is 2.17. The zero-order valence-electron chi connectivity index (χ0n) is 10.6. The maximum atomic E-state index is 11.5. The van der Waals surface area contributed by atoms with Gasteiger partial charge in [-0.15, -0.1) is 0 Å². The fourth-order valence-corrected chi connectivity index (χ4v) is 1.80. The number of carbonyl (C=O) groups is 1. The van der Waals surface area contributed by atoms with Crippen LogP contribution in [0.25, 0.3) is 11.2 Å². The maximum Gasteiger partial charge on any atom is 0.337 e. The summed E-state index contributed by atoms with van der Waals surface area (Å²) in [7, 11) is 1.35. The Balaban J connectivity index is 1.88. The van der Waals surface area contributed by atoms with Crippen molar-refractivity contribution in [3.63, 3.8) is 0 Å². The molecule has 0 aliphatic rings. The van der Waals surface area contributed by atoms with Crippen LogP contribution in [0.1, 0.15) is 10.4 Å². The number of nitrogens with zero attached hydrogens (tertiary/aromatic N) is 3. The van der Waals surface area contributed by atoms with Gasteiger partial charge in [0.05, 0.1) is 18.9 Å². The van der Waals surface area contributed by atoms with Gasteiger partial charge in [0.15, 0.2) is 5.65 Å². The number of anilines is 2. The Morgan fingerprint density at radius 2 is 2.30 bits per heavy atom. The topological polar surface area (TPSA) is 92.8 Å². The second-order valence-electron chi connectivity index (χ2n) is 4.04. The zero-order valence-corrected chi connectivity index (χ0v) is 10.6. The lowest BCUT2D eigenvalue weighted by Crippen LogP contribution is -2.02. The van der Waals surface area contributed by atoms with Crippen molar-refractivity contribution in [3.05, 3.63) is 42.4 Å². The Bertz CT molecular complexity index is 735. The molecule has 7 nitrogen and oxygen atoms in total. The lowest BCUT2D eigenvalue weighted by atomic mass is 10.2. The molecular formula is C13H11N5O2. The van der Waals surface area contributed by atoms with E-state index in [2.05, 4.69) is 30.0 Å². The van der Waals surface area contributed by atoms with Gasteiger partial charge in [-0.25, -0.2) is 14.8 Å². The van der Waals surface area contributed by atoms with Crippen LogP contribution in [0, 0.1) is 0 Å². The monoisotopic (exact) mass is 269 g/mol. The minimum absolute atomic E-state index is 0.385. The van der Waals surface area contributed by atoms with E-state index in [0.29, 0.717) is 17.2 Å². The molecule has 0 aliphatic heterocycles. The number of hydrogen-bond donors (Lipinski definition) is 2. The molecule has 0 saturated heterocycles. The summed E-state index contributed by atoms with van der Waals surface area (Å²) in [5, 5.41) is 3.07. The van der Waals surface area contributed by atoms with Crippen molar-refractivity contribution in [3.8, 4) is 0 Å². The number of aromatic nitrogens is 4. The number of imidazole rings is 1. The molecule has 20 heavy (non-hydrogen) atoms. The normalized spacial score (nSPS) is 10.4. The number of ether oxygens (including phenoxy) is 1. The average molecular weight is 269 g/mol. The summed E-state index contributed by atoms with van der Waals surface area (Å²) in [5.74, 6) is 0.145. The van der Waals surface area contributed by atoms with Crippen molar-refractivity contribution in [2.24, 2.45) is 0 Å². The summed E-state index contributed by atoms with van der Waals surface area (Å²) in [4.78, 5) is 26.7. The molecule has 0 bridgehead atoms. The molecule has 0 unspecified atom stereocenters. The van der Waals surface area contributed by atoms with E-state index in [1.54, 1.807) is 24.4 Å². The highest BCUT2D eigenvalue weighted by atomic mass is 16.5. The molecule has 0 amide bonds. The maximum absolute atomic E-state index is 11.5. The quantitative estimate of drug-likeness (QED) is 0.705. The smallest absolute Gasteiger partial charge is 0.337 e. The average Bonchev–Trinajstić information content (AvgIpc) is 2.88. The largest absolute Gasteiger partial charge is 0.465 e. The minimum atomic E-state index is -0.385. The summed E-state index contributed by atoms with van der Waals surface area (Å²) < 4.78 is 4.68. The van der Waals surface area contributed by atoms with Gasteiger partial charge in [-0.1, -0.05) is 6.07 Å². The molecule has 3 aromatic rings. The summed E-state index contributed by atoms with van der Waals surface area (Å²) in [5.41, 5.74) is 2.50. The van der Waals surface area contributed by atoms with Crippen LogP contribution >= 0.6 is 0 Å². The molecule has 100 valence electrons. The van der Waals surface area contributed by atoms with Gasteiger partial charge in [-0.3, -0.25) is 0 Å². The predicted molar refractivity (Wildman–Crippen MR) is 72.7 cm³/mol. The first-order valence-corrected chi connectivity index (χ1v) is 5.87. The van der Waals surface area contributed by atoms with Crippen LogP contribution in [-0.4, -0.2) is 33.0 Å². The standard InChI is InChI=1S/C13H11N5O2/c1-20-12(19)8-3-2-4-9(5-8)16-13-17-10-6-14-7-15-11(10)18-13/h2-7H,1H3,(H2,14,15,16,17,18). The van der Waals surface area contributed by atoms with Crippen LogP contribution in [-0.2, 0) is 4.74 Å². The van der Waals surface area contributed by atoms with E-state index in [4.69, 9.17) is 0 Å². The van der Waals surface area contributed by atoms with Gasteiger partial charge >= 0.3 is 5.97 Å². The molecule has 2 aromatic heterocycles. The van der Waals surface area contributed by atoms with Crippen LogP contribution in [0.2, 0.25) is 0 Å². The molecule has 0 saturated carbocycles. The number of esters is 1. The Hall–Kier alpha value is -2.96. The van der Waals surface area contributed by atoms with Crippen molar-refractivity contribution in [1.82, 2.24) is 19.9 Å². The molecular weight excluding hydrogens is 258 g/mol. The molecule has 1 aromatic carbocycles. The van der Waals surface area contributed by atoms with Crippen molar-refractivity contribution in [1.29, 1.82) is 0 Å². The van der Waals surface area contributed by atoms with E-state index < -0.39 is 0 Å². The number of benzene rings is 1. The third-order valence-electron chi connectivity index (χ3n) is 2.71. The Labute approximate surface area is 114 Å². The summed E-state index contributed by atoms with van der Waals surface area (Å²) in [6.07, 6.45) is 3.08. The third-order valence-corrected chi connectivity index (χ3v) is 2.71. The van der Waals surface area contributed by atoms with Gasteiger partial charge in [0.25, 0.3) is 0 Å². The first-order chi connectivity index (χ1) is 9.76. The highest BCUT2D eigenvalue weighted by Gasteiger charge is 2.07. The summed E-state index contributed by atoms with van der Waals surface area (Å²) in [6, 6.07) is 6.95. The number of carbonyl (C=O) groups excluding carboxylic acids is 1. The molecule has 0 fully saturated rings. The number of fused-ring (bicyclic) bond motifs is 1. The molecule has 3 rings (SSSR count). The minimum Gasteiger partial charge on any atom is -0.465 e. The van der Waals surface area contributed by atoms with E-state index >= 15 is 0 Å². The molecule has 2 N–H and O–H groups in total. The molecule has 0 spiro atoms. The Morgan fingerprint density at radius 3 is 3.10 bits per heavy atom. The summed E-state index contributed by atoms with van der Waals surface area (Å²) in [6.45, 7) is 0. The predicted octanol–water partition coefficient (Wildman–Crippen LogP) is 1.88. The van der Waals surface area contributed by atoms with Crippen molar-refractivity contribution in [2.45, 2.75) is 0 Å². The van der Waals surface area contributed by atoms with Crippen molar-refractivity contribution >= 4 is 28.8 Å². The number of nitrogens with one attached hydrogen (secondary N) is 2. The van der Waals surface area contributed by atoms with Gasteiger partial charge in [0.2, 0.25) is 5.95 Å². The first-order valence-electron chi connectivity index (χ1n) is 5.87. The number of hydrogen-bond acceptors (Lipinski definition) is 6. The lowest BCUT2D eigenvalue weighted by Gasteiger charge is -2.04. The van der Waals surface area contributed by atoms with Crippen LogP contribution < -0.4 is 5.32 Å². The van der Waals surface area contributed by atoms with E-state index in [-0.39, 0.29) is 5.97 Å². The molecule has 0 atom stereocenters. The van der Waals surface area contributed by atoms with E-state index in [0.717, 1.165) is 11.2 Å². The zero-order chi connectivity index (χ0) is 13.9. The van der Waals surface area contributed by atoms with Crippen molar-refractivity contribution < 1.29 is 9.53 Å². The van der Waals surface area contributed by atoms with Gasteiger partial charge < -0.3 is 15.0 Å². The van der Waals surface area contributed by atoms with Crippen LogP contribution in [0.3, 0.4) is 0 Å². The Kier molecular flexibility index (Phi) is 3.00. The van der Waals surface area contributed by atoms with Crippen LogP contribution in [0.15, 0.2) is 36.8 Å². The third kappa shape index (κ3) is 2.28.